The number of carbonyl (C=O) groups is 1. The average molecular weight is 364 g/mol. The summed E-state index contributed by atoms with van der Waals surface area (Å²) in [5.74, 6) is 1.51. The molecule has 0 radical (unpaired) electrons. The first-order valence-electron chi connectivity index (χ1n) is 9.00. The minimum atomic E-state index is -0.0173. The van der Waals surface area contributed by atoms with Crippen LogP contribution in [0.3, 0.4) is 0 Å². The predicted molar refractivity (Wildman–Crippen MR) is 103 cm³/mol. The van der Waals surface area contributed by atoms with Gasteiger partial charge in [-0.15, -0.1) is 0 Å². The molecular formula is C22H24N2O3. The van der Waals surface area contributed by atoms with Gasteiger partial charge in [-0.3, -0.25) is 4.79 Å². The summed E-state index contributed by atoms with van der Waals surface area (Å²) in [7, 11) is 0. The highest BCUT2D eigenvalue weighted by Gasteiger charge is 2.11. The Labute approximate surface area is 159 Å². The van der Waals surface area contributed by atoms with Crippen molar-refractivity contribution in [3.05, 3.63) is 82.7 Å². The van der Waals surface area contributed by atoms with Crippen LogP contribution in [0.15, 0.2) is 59.1 Å². The SMILES string of the molecule is Cc1noc(C)c1COc1ccc(CC(=O)N[C@H](C)c2ccccc2)cc1. The third kappa shape index (κ3) is 4.97. The lowest BCUT2D eigenvalue weighted by Gasteiger charge is -2.14. The number of hydrogen-bond acceptors (Lipinski definition) is 4. The monoisotopic (exact) mass is 364 g/mol. The standard InChI is InChI=1S/C22H24N2O3/c1-15(19-7-5-4-6-8-19)23-22(25)13-18-9-11-20(12-10-18)26-14-21-16(2)24-27-17(21)3/h4-12,15H,13-14H2,1-3H3,(H,23,25)/t15-/m1/s1. The molecule has 0 aliphatic heterocycles. The van der Waals surface area contributed by atoms with Crippen molar-refractivity contribution >= 4 is 5.91 Å². The van der Waals surface area contributed by atoms with Gasteiger partial charge in [0.1, 0.15) is 18.1 Å². The van der Waals surface area contributed by atoms with Gasteiger partial charge >= 0.3 is 0 Å². The van der Waals surface area contributed by atoms with Crippen molar-refractivity contribution in [2.75, 3.05) is 0 Å². The van der Waals surface area contributed by atoms with E-state index in [0.717, 1.165) is 33.9 Å². The molecule has 1 aromatic heterocycles. The summed E-state index contributed by atoms with van der Waals surface area (Å²) in [5, 5.41) is 6.95. The van der Waals surface area contributed by atoms with Crippen LogP contribution >= 0.6 is 0 Å². The normalized spacial score (nSPS) is 11.8. The number of rotatable bonds is 7. The second-order valence-corrected chi connectivity index (χ2v) is 6.61. The van der Waals surface area contributed by atoms with Gasteiger partial charge in [0.2, 0.25) is 5.91 Å². The van der Waals surface area contributed by atoms with Crippen LogP contribution in [0.2, 0.25) is 0 Å². The van der Waals surface area contributed by atoms with Gasteiger partial charge < -0.3 is 14.6 Å². The number of nitrogens with zero attached hydrogens (tertiary/aromatic N) is 1. The Bertz CT molecular complexity index is 866. The maximum Gasteiger partial charge on any atom is 0.224 e. The van der Waals surface area contributed by atoms with Crippen molar-refractivity contribution in [1.29, 1.82) is 0 Å². The zero-order valence-corrected chi connectivity index (χ0v) is 15.9. The fraction of sp³-hybridized carbons (Fsp3) is 0.273. The van der Waals surface area contributed by atoms with Crippen LogP contribution in [-0.2, 0) is 17.8 Å². The van der Waals surface area contributed by atoms with Gasteiger partial charge in [0.25, 0.3) is 0 Å². The number of benzene rings is 2. The van der Waals surface area contributed by atoms with E-state index in [1.165, 1.54) is 0 Å². The van der Waals surface area contributed by atoms with E-state index in [0.29, 0.717) is 13.0 Å². The van der Waals surface area contributed by atoms with Crippen molar-refractivity contribution in [3.8, 4) is 5.75 Å². The molecule has 5 nitrogen and oxygen atoms in total. The van der Waals surface area contributed by atoms with E-state index < -0.39 is 0 Å². The average Bonchev–Trinajstić information content (AvgIpc) is 2.99. The number of amides is 1. The van der Waals surface area contributed by atoms with Crippen LogP contribution in [0.25, 0.3) is 0 Å². The zero-order valence-electron chi connectivity index (χ0n) is 15.9. The molecule has 0 fully saturated rings. The summed E-state index contributed by atoms with van der Waals surface area (Å²) < 4.78 is 10.9. The fourth-order valence-corrected chi connectivity index (χ4v) is 2.87. The van der Waals surface area contributed by atoms with Gasteiger partial charge in [0, 0.05) is 0 Å². The Balaban J connectivity index is 1.52. The molecule has 1 amide bonds. The van der Waals surface area contributed by atoms with Crippen molar-refractivity contribution < 1.29 is 14.1 Å². The number of hydrogen-bond donors (Lipinski definition) is 1. The van der Waals surface area contributed by atoms with E-state index in [-0.39, 0.29) is 11.9 Å². The number of ether oxygens (including phenoxy) is 1. The Hall–Kier alpha value is -3.08. The maximum atomic E-state index is 12.3. The number of nitrogens with one attached hydrogen (secondary N) is 1. The molecule has 1 N–H and O–H groups in total. The zero-order chi connectivity index (χ0) is 19.2. The van der Waals surface area contributed by atoms with Crippen LogP contribution in [0.4, 0.5) is 0 Å². The minimum absolute atomic E-state index is 0.00394. The molecule has 0 unspecified atom stereocenters. The topological polar surface area (TPSA) is 64.4 Å². The molecule has 3 rings (SSSR count). The molecule has 0 saturated heterocycles. The number of carbonyl (C=O) groups excluding carboxylic acids is 1. The van der Waals surface area contributed by atoms with E-state index in [2.05, 4.69) is 10.5 Å². The van der Waals surface area contributed by atoms with Gasteiger partial charge in [0.05, 0.1) is 23.7 Å². The van der Waals surface area contributed by atoms with E-state index >= 15 is 0 Å². The summed E-state index contributed by atoms with van der Waals surface area (Å²) >= 11 is 0. The molecular weight excluding hydrogens is 340 g/mol. The van der Waals surface area contributed by atoms with Crippen LogP contribution < -0.4 is 10.1 Å². The second kappa shape index (κ2) is 8.54. The summed E-state index contributed by atoms with van der Waals surface area (Å²) in [6.07, 6.45) is 0.335. The van der Waals surface area contributed by atoms with Gasteiger partial charge in [-0.25, -0.2) is 0 Å². The fourth-order valence-electron chi connectivity index (χ4n) is 2.87. The summed E-state index contributed by atoms with van der Waals surface area (Å²) in [6, 6.07) is 17.5. The summed E-state index contributed by atoms with van der Waals surface area (Å²) in [5.41, 5.74) is 3.84. The van der Waals surface area contributed by atoms with Crippen LogP contribution in [0.5, 0.6) is 5.75 Å². The molecule has 3 aromatic rings. The second-order valence-electron chi connectivity index (χ2n) is 6.61. The first-order valence-corrected chi connectivity index (χ1v) is 9.00. The highest BCUT2D eigenvalue weighted by Crippen LogP contribution is 2.18. The van der Waals surface area contributed by atoms with Gasteiger partial charge in [0.15, 0.2) is 0 Å². The molecule has 27 heavy (non-hydrogen) atoms. The molecule has 5 heteroatoms. The number of aromatic nitrogens is 1. The Morgan fingerprint density at radius 2 is 1.81 bits per heavy atom. The van der Waals surface area contributed by atoms with Gasteiger partial charge in [-0.1, -0.05) is 47.6 Å². The molecule has 0 saturated carbocycles. The molecule has 0 aliphatic carbocycles. The van der Waals surface area contributed by atoms with Crippen molar-refractivity contribution in [1.82, 2.24) is 10.5 Å². The Morgan fingerprint density at radius 1 is 1.11 bits per heavy atom. The third-order valence-electron chi connectivity index (χ3n) is 4.53. The number of aryl methyl sites for hydroxylation is 2. The summed E-state index contributed by atoms with van der Waals surface area (Å²) in [6.45, 7) is 6.17. The smallest absolute Gasteiger partial charge is 0.224 e. The van der Waals surface area contributed by atoms with Crippen molar-refractivity contribution in [3.63, 3.8) is 0 Å². The van der Waals surface area contributed by atoms with Crippen LogP contribution in [0.1, 0.15) is 41.1 Å². The molecule has 1 atom stereocenters. The quantitative estimate of drug-likeness (QED) is 0.679. The van der Waals surface area contributed by atoms with E-state index in [9.17, 15) is 4.79 Å². The Kier molecular flexibility index (Phi) is 5.91. The van der Waals surface area contributed by atoms with Crippen molar-refractivity contribution in [2.24, 2.45) is 0 Å². The van der Waals surface area contributed by atoms with Gasteiger partial charge in [-0.2, -0.15) is 0 Å². The first-order chi connectivity index (χ1) is 13.0. The van der Waals surface area contributed by atoms with E-state index in [1.54, 1.807) is 0 Å². The summed E-state index contributed by atoms with van der Waals surface area (Å²) in [4.78, 5) is 12.3. The first kappa shape index (κ1) is 18.7. The molecule has 0 aliphatic rings. The lowest BCUT2D eigenvalue weighted by molar-refractivity contribution is -0.121. The highest BCUT2D eigenvalue weighted by molar-refractivity contribution is 5.79. The lowest BCUT2D eigenvalue weighted by atomic mass is 10.1. The van der Waals surface area contributed by atoms with Crippen molar-refractivity contribution in [2.45, 2.75) is 39.8 Å². The van der Waals surface area contributed by atoms with Gasteiger partial charge in [-0.05, 0) is 44.0 Å². The van der Waals surface area contributed by atoms with Crippen LogP contribution in [-0.4, -0.2) is 11.1 Å². The molecule has 0 bridgehead atoms. The third-order valence-corrected chi connectivity index (χ3v) is 4.53. The van der Waals surface area contributed by atoms with E-state index in [1.807, 2.05) is 75.4 Å². The predicted octanol–water partition coefficient (Wildman–Crippen LogP) is 4.29. The largest absolute Gasteiger partial charge is 0.489 e. The molecule has 0 spiro atoms. The van der Waals surface area contributed by atoms with E-state index in [4.69, 9.17) is 9.26 Å². The van der Waals surface area contributed by atoms with Crippen LogP contribution in [0, 0.1) is 13.8 Å². The highest BCUT2D eigenvalue weighted by atomic mass is 16.5. The lowest BCUT2D eigenvalue weighted by Crippen LogP contribution is -2.28. The molecule has 2 aromatic carbocycles. The maximum absolute atomic E-state index is 12.3. The Morgan fingerprint density at radius 3 is 2.44 bits per heavy atom. The molecule has 1 heterocycles. The minimum Gasteiger partial charge on any atom is -0.489 e. The molecule has 140 valence electrons.